The maximum Gasteiger partial charge on any atom is 0.0466 e. The van der Waals surface area contributed by atoms with Crippen molar-refractivity contribution in [1.29, 1.82) is 0 Å². The van der Waals surface area contributed by atoms with Crippen molar-refractivity contribution in [2.45, 2.75) is 27.7 Å². The number of hydrogen-bond donors (Lipinski definition) is 0. The van der Waals surface area contributed by atoms with E-state index in [0.29, 0.717) is 0 Å². The molecular weight excluding hydrogens is 581 g/mol. The summed E-state index contributed by atoms with van der Waals surface area (Å²) in [5, 5.41) is 0. The molecule has 0 N–H and O–H groups in total. The zero-order chi connectivity index (χ0) is 33.0. The number of rotatable bonds is 8. The van der Waals surface area contributed by atoms with Gasteiger partial charge in [0.1, 0.15) is 0 Å². The summed E-state index contributed by atoms with van der Waals surface area (Å²) < 4.78 is 0. The number of aryl methyl sites for hydroxylation is 4. The van der Waals surface area contributed by atoms with Crippen molar-refractivity contribution in [1.82, 2.24) is 0 Å². The van der Waals surface area contributed by atoms with Crippen LogP contribution >= 0.6 is 0 Å². The van der Waals surface area contributed by atoms with Gasteiger partial charge < -0.3 is 9.80 Å². The molecule has 234 valence electrons. The number of hydrogen-bond acceptors (Lipinski definition) is 2. The van der Waals surface area contributed by atoms with Crippen LogP contribution < -0.4 is 9.80 Å². The summed E-state index contributed by atoms with van der Waals surface area (Å²) in [7, 11) is 0. The summed E-state index contributed by atoms with van der Waals surface area (Å²) in [4.78, 5) is 4.66. The normalized spacial score (nSPS) is 10.9. The number of nitrogens with zero attached hydrogens (tertiary/aromatic N) is 2. The molecule has 0 heterocycles. The summed E-state index contributed by atoms with van der Waals surface area (Å²) >= 11 is 0. The van der Waals surface area contributed by atoms with E-state index in [1.54, 1.807) is 0 Å². The lowest BCUT2D eigenvalue weighted by Gasteiger charge is -2.27. The Morgan fingerprint density at radius 3 is 0.812 bits per heavy atom. The van der Waals surface area contributed by atoms with E-state index in [-0.39, 0.29) is 0 Å². The second-order valence-electron chi connectivity index (χ2n) is 12.7. The molecule has 0 saturated heterocycles. The van der Waals surface area contributed by atoms with Crippen LogP contribution in [0.25, 0.3) is 22.3 Å². The van der Waals surface area contributed by atoms with E-state index < -0.39 is 0 Å². The van der Waals surface area contributed by atoms with Crippen LogP contribution in [-0.4, -0.2) is 0 Å². The Morgan fingerprint density at radius 2 is 0.500 bits per heavy atom. The largest absolute Gasteiger partial charge is 0.311 e. The lowest BCUT2D eigenvalue weighted by molar-refractivity contribution is 1.23. The van der Waals surface area contributed by atoms with Crippen molar-refractivity contribution in [2.75, 3.05) is 9.80 Å². The smallest absolute Gasteiger partial charge is 0.0466 e. The second kappa shape index (κ2) is 13.5. The van der Waals surface area contributed by atoms with Gasteiger partial charge in [0.25, 0.3) is 0 Å². The third-order valence-electron chi connectivity index (χ3n) is 8.76. The molecule has 0 aromatic heterocycles. The Kier molecular flexibility index (Phi) is 8.64. The molecule has 0 atom stereocenters. The van der Waals surface area contributed by atoms with E-state index in [1.165, 1.54) is 55.9 Å². The quantitative estimate of drug-likeness (QED) is 0.167. The molecule has 7 aromatic carbocycles. The fraction of sp³-hybridized carbons (Fsp3) is 0.0870. The molecular formula is C46H40N2. The lowest BCUT2D eigenvalue weighted by Crippen LogP contribution is -2.11. The highest BCUT2D eigenvalue weighted by Gasteiger charge is 2.15. The van der Waals surface area contributed by atoms with E-state index in [1.807, 2.05) is 0 Å². The van der Waals surface area contributed by atoms with Crippen LogP contribution in [0.4, 0.5) is 34.1 Å². The van der Waals surface area contributed by atoms with Crippen molar-refractivity contribution in [3.63, 3.8) is 0 Å². The summed E-state index contributed by atoms with van der Waals surface area (Å²) in [6.07, 6.45) is 0. The first kappa shape index (κ1) is 30.8. The van der Waals surface area contributed by atoms with Gasteiger partial charge in [0.15, 0.2) is 0 Å². The molecule has 0 radical (unpaired) electrons. The monoisotopic (exact) mass is 620 g/mol. The number of para-hydroxylation sites is 2. The van der Waals surface area contributed by atoms with Crippen molar-refractivity contribution < 1.29 is 0 Å². The highest BCUT2D eigenvalue weighted by atomic mass is 15.1. The first-order valence-electron chi connectivity index (χ1n) is 16.6. The molecule has 2 heteroatoms. The summed E-state index contributed by atoms with van der Waals surface area (Å²) in [5.41, 5.74) is 16.7. The molecule has 0 fully saturated rings. The third-order valence-corrected chi connectivity index (χ3v) is 8.76. The number of benzene rings is 7. The Morgan fingerprint density at radius 1 is 0.250 bits per heavy atom. The summed E-state index contributed by atoms with van der Waals surface area (Å²) in [6, 6.07) is 61.3. The van der Waals surface area contributed by atoms with E-state index >= 15 is 0 Å². The molecule has 2 nitrogen and oxygen atoms in total. The van der Waals surface area contributed by atoms with Gasteiger partial charge >= 0.3 is 0 Å². The van der Waals surface area contributed by atoms with Gasteiger partial charge in [0.2, 0.25) is 0 Å². The van der Waals surface area contributed by atoms with Crippen LogP contribution in [0.2, 0.25) is 0 Å². The van der Waals surface area contributed by atoms with E-state index in [4.69, 9.17) is 0 Å². The Hall–Kier alpha value is -5.86. The standard InChI is InChI=1S/C46H40N2/c1-33-27-34(2)30-45(29-33)48(46-31-35(3)28-36(4)32-46)44-25-21-40(22-26-44)38-17-15-37(16-18-38)39-19-23-43(24-20-39)47(41-11-7-5-8-12-41)42-13-9-6-10-14-42/h5-32H,1-4H3. The van der Waals surface area contributed by atoms with Crippen LogP contribution in [0.1, 0.15) is 22.3 Å². The molecule has 0 aliphatic rings. The third kappa shape index (κ3) is 6.65. The van der Waals surface area contributed by atoms with Crippen molar-refractivity contribution in [2.24, 2.45) is 0 Å². The summed E-state index contributed by atoms with van der Waals surface area (Å²) in [6.45, 7) is 8.67. The van der Waals surface area contributed by atoms with Gasteiger partial charge in [-0.1, -0.05) is 97.1 Å². The second-order valence-corrected chi connectivity index (χ2v) is 12.7. The molecule has 0 unspecified atom stereocenters. The van der Waals surface area contributed by atoms with Gasteiger partial charge in [0, 0.05) is 34.1 Å². The zero-order valence-electron chi connectivity index (χ0n) is 28.1. The maximum atomic E-state index is 2.37. The van der Waals surface area contributed by atoms with Crippen molar-refractivity contribution in [3.05, 3.63) is 192 Å². The average molecular weight is 621 g/mol. The molecule has 7 rings (SSSR count). The van der Waals surface area contributed by atoms with Crippen molar-refractivity contribution >= 4 is 34.1 Å². The minimum absolute atomic E-state index is 1.13. The molecule has 0 aliphatic carbocycles. The topological polar surface area (TPSA) is 6.48 Å². The van der Waals surface area contributed by atoms with E-state index in [9.17, 15) is 0 Å². The fourth-order valence-corrected chi connectivity index (χ4v) is 6.67. The molecule has 0 saturated carbocycles. The zero-order valence-corrected chi connectivity index (χ0v) is 28.1. The van der Waals surface area contributed by atoms with Gasteiger partial charge in [-0.3, -0.25) is 0 Å². The van der Waals surface area contributed by atoms with Crippen LogP contribution in [0.5, 0.6) is 0 Å². The van der Waals surface area contributed by atoms with Gasteiger partial charge in [-0.15, -0.1) is 0 Å². The van der Waals surface area contributed by atoms with E-state index in [0.717, 1.165) is 22.7 Å². The minimum Gasteiger partial charge on any atom is -0.311 e. The Bertz CT molecular complexity index is 2000. The van der Waals surface area contributed by atoms with Crippen molar-refractivity contribution in [3.8, 4) is 22.3 Å². The predicted molar refractivity (Wildman–Crippen MR) is 206 cm³/mol. The highest BCUT2D eigenvalue weighted by Crippen LogP contribution is 2.38. The van der Waals surface area contributed by atoms with Crippen LogP contribution in [0, 0.1) is 27.7 Å². The molecule has 48 heavy (non-hydrogen) atoms. The van der Waals surface area contributed by atoms with Crippen LogP contribution in [0.15, 0.2) is 170 Å². The first-order chi connectivity index (χ1) is 23.4. The van der Waals surface area contributed by atoms with Gasteiger partial charge in [-0.25, -0.2) is 0 Å². The Labute approximate surface area is 285 Å². The van der Waals surface area contributed by atoms with Gasteiger partial charge in [-0.2, -0.15) is 0 Å². The molecule has 0 amide bonds. The molecule has 0 aliphatic heterocycles. The highest BCUT2D eigenvalue weighted by molar-refractivity contribution is 5.81. The lowest BCUT2D eigenvalue weighted by atomic mass is 9.99. The molecule has 0 bridgehead atoms. The number of anilines is 6. The van der Waals surface area contributed by atoms with Crippen LogP contribution in [0.3, 0.4) is 0 Å². The summed E-state index contributed by atoms with van der Waals surface area (Å²) in [5.74, 6) is 0. The first-order valence-corrected chi connectivity index (χ1v) is 16.6. The minimum atomic E-state index is 1.13. The fourth-order valence-electron chi connectivity index (χ4n) is 6.67. The maximum absolute atomic E-state index is 2.37. The molecule has 7 aromatic rings. The van der Waals surface area contributed by atoms with Gasteiger partial charge in [-0.05, 0) is 145 Å². The van der Waals surface area contributed by atoms with Crippen LogP contribution in [-0.2, 0) is 0 Å². The molecule has 0 spiro atoms. The van der Waals surface area contributed by atoms with E-state index in [2.05, 4.69) is 207 Å². The predicted octanol–water partition coefficient (Wildman–Crippen LogP) is 13.2. The van der Waals surface area contributed by atoms with Gasteiger partial charge in [0.05, 0.1) is 0 Å². The SMILES string of the molecule is Cc1cc(C)cc(N(c2ccc(-c3ccc(-c4ccc(N(c5ccccc5)c5ccccc5)cc4)cc3)cc2)c2cc(C)cc(C)c2)c1. The Balaban J connectivity index is 1.15. The average Bonchev–Trinajstić information content (AvgIpc) is 3.09.